The van der Waals surface area contributed by atoms with Crippen molar-refractivity contribution in [3.05, 3.63) is 0 Å². The molecule has 1 atom stereocenters. The Kier molecular flexibility index (Phi) is 5.83. The molecule has 1 unspecified atom stereocenters. The molecule has 1 aliphatic carbocycles. The summed E-state index contributed by atoms with van der Waals surface area (Å²) in [4.78, 5) is 14.2. The second-order valence-corrected chi connectivity index (χ2v) is 6.53. The third kappa shape index (κ3) is 4.03. The Balaban J connectivity index is 1.94. The van der Waals surface area contributed by atoms with Gasteiger partial charge in [0.15, 0.2) is 0 Å². The first-order chi connectivity index (χ1) is 9.29. The first-order valence-electron chi connectivity index (χ1n) is 8.11. The molecule has 3 nitrogen and oxygen atoms in total. The summed E-state index contributed by atoms with van der Waals surface area (Å²) in [6.07, 6.45) is 12.9. The van der Waals surface area contributed by atoms with Crippen LogP contribution in [0, 0.1) is 5.41 Å². The Morgan fingerprint density at radius 1 is 1.16 bits per heavy atom. The third-order valence-corrected chi connectivity index (χ3v) is 5.06. The van der Waals surface area contributed by atoms with Crippen LogP contribution < -0.4 is 0 Å². The van der Waals surface area contributed by atoms with Gasteiger partial charge in [0.25, 0.3) is 0 Å². The zero-order valence-electron chi connectivity index (χ0n) is 12.1. The maximum atomic E-state index is 11.7. The number of aliphatic hydroxyl groups is 1. The molecule has 3 heteroatoms. The van der Waals surface area contributed by atoms with E-state index in [1.807, 2.05) is 0 Å². The number of carbonyl (C=O) groups excluding carboxylic acids is 1. The van der Waals surface area contributed by atoms with E-state index in [1.165, 1.54) is 44.8 Å². The van der Waals surface area contributed by atoms with Crippen molar-refractivity contribution in [1.82, 2.24) is 4.90 Å². The van der Waals surface area contributed by atoms with Crippen LogP contribution in [0.4, 0.5) is 0 Å². The first-order valence-corrected chi connectivity index (χ1v) is 8.11. The van der Waals surface area contributed by atoms with Gasteiger partial charge >= 0.3 is 0 Å². The smallest absolute Gasteiger partial charge is 0.127 e. The molecule has 1 heterocycles. The standard InChI is InChI=1S/C16H29NO2/c18-12-6-8-15-7-5-11-17(15)13-16(14-19)9-3-1-2-4-10-16/h14-15,18H,1-13H2. The fourth-order valence-electron chi connectivity index (χ4n) is 3.91. The number of carbonyl (C=O) groups is 1. The van der Waals surface area contributed by atoms with Crippen molar-refractivity contribution in [2.24, 2.45) is 5.41 Å². The fraction of sp³-hybridized carbons (Fsp3) is 0.938. The van der Waals surface area contributed by atoms with Crippen molar-refractivity contribution in [3.63, 3.8) is 0 Å². The molecule has 19 heavy (non-hydrogen) atoms. The number of aliphatic hydroxyl groups excluding tert-OH is 1. The van der Waals surface area contributed by atoms with Crippen LogP contribution in [0.3, 0.4) is 0 Å². The Labute approximate surface area is 117 Å². The minimum Gasteiger partial charge on any atom is -0.396 e. The number of hydrogen-bond donors (Lipinski definition) is 1. The molecule has 1 aliphatic heterocycles. The van der Waals surface area contributed by atoms with Crippen LogP contribution in [0.1, 0.15) is 64.2 Å². The predicted molar refractivity (Wildman–Crippen MR) is 77.1 cm³/mol. The molecule has 0 aromatic carbocycles. The molecule has 0 spiro atoms. The van der Waals surface area contributed by atoms with E-state index in [4.69, 9.17) is 5.11 Å². The average Bonchev–Trinajstić information content (AvgIpc) is 2.72. The van der Waals surface area contributed by atoms with Gasteiger partial charge in [-0.25, -0.2) is 0 Å². The number of likely N-dealkylation sites (tertiary alicyclic amines) is 1. The quantitative estimate of drug-likeness (QED) is 0.594. The molecule has 110 valence electrons. The Morgan fingerprint density at radius 3 is 2.53 bits per heavy atom. The van der Waals surface area contributed by atoms with Crippen molar-refractivity contribution >= 4 is 6.29 Å². The summed E-state index contributed by atoms with van der Waals surface area (Å²) in [6.45, 7) is 2.40. The summed E-state index contributed by atoms with van der Waals surface area (Å²) in [5.41, 5.74) is -0.0711. The van der Waals surface area contributed by atoms with E-state index in [0.29, 0.717) is 12.6 Å². The number of rotatable bonds is 6. The largest absolute Gasteiger partial charge is 0.396 e. The van der Waals surface area contributed by atoms with Crippen LogP contribution >= 0.6 is 0 Å². The summed E-state index contributed by atoms with van der Waals surface area (Å²) < 4.78 is 0. The lowest BCUT2D eigenvalue weighted by Crippen LogP contribution is -2.41. The zero-order valence-corrected chi connectivity index (χ0v) is 12.1. The minimum absolute atomic E-state index is 0.0711. The molecule has 2 aliphatic rings. The highest BCUT2D eigenvalue weighted by molar-refractivity contribution is 5.59. The Morgan fingerprint density at radius 2 is 1.89 bits per heavy atom. The van der Waals surface area contributed by atoms with Gasteiger partial charge in [-0.05, 0) is 45.1 Å². The molecule has 1 N–H and O–H groups in total. The summed E-state index contributed by atoms with van der Waals surface area (Å²) in [5.74, 6) is 0. The molecule has 0 bridgehead atoms. The molecule has 2 fully saturated rings. The zero-order chi connectivity index (χ0) is 13.6. The van der Waals surface area contributed by atoms with Crippen LogP contribution in [0.25, 0.3) is 0 Å². The second-order valence-electron chi connectivity index (χ2n) is 6.53. The van der Waals surface area contributed by atoms with Gasteiger partial charge in [0.2, 0.25) is 0 Å². The van der Waals surface area contributed by atoms with Crippen LogP contribution in [0.2, 0.25) is 0 Å². The van der Waals surface area contributed by atoms with Gasteiger partial charge in [-0.2, -0.15) is 0 Å². The van der Waals surface area contributed by atoms with Crippen molar-refractivity contribution in [1.29, 1.82) is 0 Å². The minimum atomic E-state index is -0.0711. The topological polar surface area (TPSA) is 40.5 Å². The summed E-state index contributed by atoms with van der Waals surface area (Å²) in [5, 5.41) is 8.99. The number of aldehydes is 1. The number of hydrogen-bond acceptors (Lipinski definition) is 3. The van der Waals surface area contributed by atoms with Gasteiger partial charge in [0.1, 0.15) is 6.29 Å². The molecular formula is C16H29NO2. The Bertz CT molecular complexity index is 272. The Hall–Kier alpha value is -0.410. The van der Waals surface area contributed by atoms with Crippen molar-refractivity contribution in [2.75, 3.05) is 19.7 Å². The summed E-state index contributed by atoms with van der Waals surface area (Å²) in [7, 11) is 0. The van der Waals surface area contributed by atoms with Gasteiger partial charge in [-0.1, -0.05) is 25.7 Å². The molecule has 0 amide bonds. The molecule has 0 aromatic rings. The maximum absolute atomic E-state index is 11.7. The van der Waals surface area contributed by atoms with E-state index in [0.717, 1.165) is 38.8 Å². The highest BCUT2D eigenvalue weighted by Crippen LogP contribution is 2.36. The van der Waals surface area contributed by atoms with Gasteiger partial charge < -0.3 is 9.90 Å². The van der Waals surface area contributed by atoms with E-state index in [-0.39, 0.29) is 5.41 Å². The van der Waals surface area contributed by atoms with Gasteiger partial charge in [0.05, 0.1) is 0 Å². The number of nitrogens with zero attached hydrogens (tertiary/aromatic N) is 1. The molecule has 0 aromatic heterocycles. The van der Waals surface area contributed by atoms with E-state index >= 15 is 0 Å². The maximum Gasteiger partial charge on any atom is 0.127 e. The molecular weight excluding hydrogens is 238 g/mol. The van der Waals surface area contributed by atoms with Crippen LogP contribution in [0.5, 0.6) is 0 Å². The van der Waals surface area contributed by atoms with E-state index < -0.39 is 0 Å². The highest BCUT2D eigenvalue weighted by Gasteiger charge is 2.36. The van der Waals surface area contributed by atoms with Crippen molar-refractivity contribution < 1.29 is 9.90 Å². The lowest BCUT2D eigenvalue weighted by molar-refractivity contribution is -0.118. The van der Waals surface area contributed by atoms with Gasteiger partial charge in [-0.3, -0.25) is 4.90 Å². The normalized spacial score (nSPS) is 28.2. The second kappa shape index (κ2) is 7.39. The van der Waals surface area contributed by atoms with Gasteiger partial charge in [-0.15, -0.1) is 0 Å². The van der Waals surface area contributed by atoms with Crippen LogP contribution in [0.15, 0.2) is 0 Å². The van der Waals surface area contributed by atoms with Crippen molar-refractivity contribution in [2.45, 2.75) is 70.3 Å². The lowest BCUT2D eigenvalue weighted by atomic mass is 9.81. The molecule has 1 saturated carbocycles. The molecule has 0 radical (unpaired) electrons. The predicted octanol–water partition coefficient (Wildman–Crippen LogP) is 2.76. The summed E-state index contributed by atoms with van der Waals surface area (Å²) in [6, 6.07) is 0.604. The SMILES string of the molecule is O=CC1(CN2CCCC2CCCO)CCCCCC1. The summed E-state index contributed by atoms with van der Waals surface area (Å²) >= 11 is 0. The molecule has 2 rings (SSSR count). The highest BCUT2D eigenvalue weighted by atomic mass is 16.2. The van der Waals surface area contributed by atoms with Crippen molar-refractivity contribution in [3.8, 4) is 0 Å². The van der Waals surface area contributed by atoms with Crippen LogP contribution in [-0.2, 0) is 4.79 Å². The van der Waals surface area contributed by atoms with E-state index in [2.05, 4.69) is 4.90 Å². The fourth-order valence-corrected chi connectivity index (χ4v) is 3.91. The van der Waals surface area contributed by atoms with Crippen LogP contribution in [-0.4, -0.2) is 42.0 Å². The molecule has 1 saturated heterocycles. The third-order valence-electron chi connectivity index (χ3n) is 5.06. The van der Waals surface area contributed by atoms with E-state index in [1.54, 1.807) is 0 Å². The monoisotopic (exact) mass is 267 g/mol. The van der Waals surface area contributed by atoms with Gasteiger partial charge in [0, 0.05) is 24.6 Å². The lowest BCUT2D eigenvalue weighted by Gasteiger charge is -2.34. The first kappa shape index (κ1) is 15.0. The van der Waals surface area contributed by atoms with E-state index in [9.17, 15) is 4.79 Å². The average molecular weight is 267 g/mol.